The van der Waals surface area contributed by atoms with Gasteiger partial charge in [-0.05, 0) is 42.5 Å². The summed E-state index contributed by atoms with van der Waals surface area (Å²) in [6.07, 6.45) is 2.40. The van der Waals surface area contributed by atoms with Gasteiger partial charge < -0.3 is 0 Å². The van der Waals surface area contributed by atoms with E-state index in [1.165, 1.54) is 12.8 Å². The SMILES string of the molecule is O=C(CBr)c1ccc(Cl)c(C2CC2)c1. The van der Waals surface area contributed by atoms with Gasteiger partial charge in [0.1, 0.15) is 0 Å². The lowest BCUT2D eigenvalue weighted by Crippen LogP contribution is -2.00. The summed E-state index contributed by atoms with van der Waals surface area (Å²) in [6, 6.07) is 5.55. The Morgan fingerprint density at radius 3 is 2.79 bits per heavy atom. The van der Waals surface area contributed by atoms with Gasteiger partial charge in [-0.15, -0.1) is 0 Å². The molecule has 0 aliphatic heterocycles. The molecule has 0 amide bonds. The Bertz CT molecular complexity index is 372. The molecule has 1 fully saturated rings. The number of alkyl halides is 1. The zero-order valence-corrected chi connectivity index (χ0v) is 9.94. The van der Waals surface area contributed by atoms with Crippen LogP contribution in [0.4, 0.5) is 0 Å². The molecule has 0 bridgehead atoms. The monoisotopic (exact) mass is 272 g/mol. The van der Waals surface area contributed by atoms with Gasteiger partial charge in [-0.2, -0.15) is 0 Å². The van der Waals surface area contributed by atoms with Gasteiger partial charge in [-0.1, -0.05) is 27.5 Å². The highest BCUT2D eigenvalue weighted by Gasteiger charge is 2.26. The van der Waals surface area contributed by atoms with Crippen molar-refractivity contribution in [2.45, 2.75) is 18.8 Å². The van der Waals surface area contributed by atoms with Crippen LogP contribution in [0.2, 0.25) is 5.02 Å². The Kier molecular flexibility index (Phi) is 2.93. The number of hydrogen-bond donors (Lipinski definition) is 0. The fourth-order valence-corrected chi connectivity index (χ4v) is 2.10. The number of benzene rings is 1. The van der Waals surface area contributed by atoms with Gasteiger partial charge in [0.15, 0.2) is 5.78 Å². The third kappa shape index (κ3) is 2.01. The standard InChI is InChI=1S/C11H10BrClO/c12-6-11(14)8-3-4-10(13)9(5-8)7-1-2-7/h3-5,7H,1-2,6H2. The molecule has 0 atom stereocenters. The maximum Gasteiger partial charge on any atom is 0.173 e. The molecule has 0 radical (unpaired) electrons. The zero-order chi connectivity index (χ0) is 10.1. The molecule has 2 rings (SSSR count). The molecule has 1 aliphatic rings. The Labute approximate surface area is 96.6 Å². The maximum atomic E-state index is 11.4. The number of carbonyl (C=O) groups is 1. The highest BCUT2D eigenvalue weighted by Crippen LogP contribution is 2.43. The minimum atomic E-state index is 0.114. The van der Waals surface area contributed by atoms with Crippen LogP contribution in [0.3, 0.4) is 0 Å². The van der Waals surface area contributed by atoms with Crippen molar-refractivity contribution in [1.29, 1.82) is 0 Å². The van der Waals surface area contributed by atoms with E-state index >= 15 is 0 Å². The molecule has 0 unspecified atom stereocenters. The number of halogens is 2. The first-order chi connectivity index (χ1) is 6.72. The molecule has 3 heteroatoms. The number of hydrogen-bond acceptors (Lipinski definition) is 1. The highest BCUT2D eigenvalue weighted by atomic mass is 79.9. The fourth-order valence-electron chi connectivity index (χ4n) is 1.50. The topological polar surface area (TPSA) is 17.1 Å². The molecule has 74 valence electrons. The lowest BCUT2D eigenvalue weighted by atomic mass is 10.0. The summed E-state index contributed by atoms with van der Waals surface area (Å²) >= 11 is 9.22. The van der Waals surface area contributed by atoms with Gasteiger partial charge in [0, 0.05) is 10.6 Å². The molecule has 1 nitrogen and oxygen atoms in total. The van der Waals surface area contributed by atoms with Crippen molar-refractivity contribution < 1.29 is 4.79 Å². The van der Waals surface area contributed by atoms with Gasteiger partial charge >= 0.3 is 0 Å². The Morgan fingerprint density at radius 1 is 1.50 bits per heavy atom. The normalized spacial score (nSPS) is 15.6. The maximum absolute atomic E-state index is 11.4. The van der Waals surface area contributed by atoms with Crippen LogP contribution in [0.15, 0.2) is 18.2 Å². The van der Waals surface area contributed by atoms with Crippen molar-refractivity contribution in [2.24, 2.45) is 0 Å². The number of rotatable bonds is 3. The van der Waals surface area contributed by atoms with Crippen LogP contribution in [-0.2, 0) is 0 Å². The quantitative estimate of drug-likeness (QED) is 0.605. The molecule has 1 aliphatic carbocycles. The van der Waals surface area contributed by atoms with Crippen molar-refractivity contribution >= 4 is 33.3 Å². The van der Waals surface area contributed by atoms with Crippen molar-refractivity contribution in [3.8, 4) is 0 Å². The molecule has 1 saturated carbocycles. The van der Waals surface area contributed by atoms with Crippen LogP contribution < -0.4 is 0 Å². The lowest BCUT2D eigenvalue weighted by molar-refractivity contribution is 0.102. The van der Waals surface area contributed by atoms with Crippen LogP contribution in [0, 0.1) is 0 Å². The van der Waals surface area contributed by atoms with E-state index in [0.717, 1.165) is 16.1 Å². The summed E-state index contributed by atoms with van der Waals surface area (Å²) in [7, 11) is 0. The first kappa shape index (κ1) is 10.2. The summed E-state index contributed by atoms with van der Waals surface area (Å²) in [5.74, 6) is 0.703. The predicted molar refractivity (Wildman–Crippen MR) is 61.6 cm³/mol. The summed E-state index contributed by atoms with van der Waals surface area (Å²) in [6.45, 7) is 0. The molecule has 0 saturated heterocycles. The number of Topliss-reactive ketones (excluding diaryl/α,β-unsaturated/α-hetero) is 1. The van der Waals surface area contributed by atoms with Crippen molar-refractivity contribution in [3.05, 3.63) is 34.3 Å². The average Bonchev–Trinajstić information content (AvgIpc) is 3.01. The lowest BCUT2D eigenvalue weighted by Gasteiger charge is -2.04. The van der Waals surface area contributed by atoms with Crippen LogP contribution in [0.5, 0.6) is 0 Å². The van der Waals surface area contributed by atoms with Crippen LogP contribution >= 0.6 is 27.5 Å². The minimum Gasteiger partial charge on any atom is -0.293 e. The summed E-state index contributed by atoms with van der Waals surface area (Å²) in [4.78, 5) is 11.4. The van der Waals surface area contributed by atoms with Gasteiger partial charge in [-0.3, -0.25) is 4.79 Å². The molecule has 1 aromatic carbocycles. The van der Waals surface area contributed by atoms with Gasteiger partial charge in [0.25, 0.3) is 0 Å². The van der Waals surface area contributed by atoms with E-state index in [2.05, 4.69) is 15.9 Å². The molecular weight excluding hydrogens is 263 g/mol. The second kappa shape index (κ2) is 4.03. The Morgan fingerprint density at radius 2 is 2.21 bits per heavy atom. The van der Waals surface area contributed by atoms with E-state index in [1.807, 2.05) is 12.1 Å². The Hall–Kier alpha value is -0.340. The Balaban J connectivity index is 2.35. The third-order valence-corrected chi connectivity index (χ3v) is 3.31. The van der Waals surface area contributed by atoms with E-state index in [0.29, 0.717) is 11.2 Å². The largest absolute Gasteiger partial charge is 0.293 e. The average molecular weight is 274 g/mol. The molecule has 0 aromatic heterocycles. The summed E-state index contributed by atoms with van der Waals surface area (Å²) < 4.78 is 0. The van der Waals surface area contributed by atoms with E-state index < -0.39 is 0 Å². The first-order valence-electron chi connectivity index (χ1n) is 4.61. The van der Waals surface area contributed by atoms with E-state index in [1.54, 1.807) is 6.07 Å². The second-order valence-corrected chi connectivity index (χ2v) is 4.54. The molecule has 0 heterocycles. The number of carbonyl (C=O) groups excluding carboxylic acids is 1. The summed E-state index contributed by atoms with van der Waals surface area (Å²) in [5.41, 5.74) is 1.90. The van der Waals surface area contributed by atoms with Crippen molar-refractivity contribution in [3.63, 3.8) is 0 Å². The van der Waals surface area contributed by atoms with Crippen LogP contribution in [-0.4, -0.2) is 11.1 Å². The van der Waals surface area contributed by atoms with Crippen LogP contribution in [0.1, 0.15) is 34.7 Å². The van der Waals surface area contributed by atoms with Crippen LogP contribution in [0.25, 0.3) is 0 Å². The number of ketones is 1. The zero-order valence-electron chi connectivity index (χ0n) is 7.59. The second-order valence-electron chi connectivity index (χ2n) is 3.57. The fraction of sp³-hybridized carbons (Fsp3) is 0.364. The van der Waals surface area contributed by atoms with Crippen molar-refractivity contribution in [2.75, 3.05) is 5.33 Å². The molecule has 0 spiro atoms. The predicted octanol–water partition coefficient (Wildman–Crippen LogP) is 3.80. The van der Waals surface area contributed by atoms with E-state index in [-0.39, 0.29) is 5.78 Å². The first-order valence-corrected chi connectivity index (χ1v) is 6.11. The smallest absolute Gasteiger partial charge is 0.173 e. The highest BCUT2D eigenvalue weighted by molar-refractivity contribution is 9.09. The summed E-state index contributed by atoms with van der Waals surface area (Å²) in [5, 5.41) is 1.16. The van der Waals surface area contributed by atoms with Gasteiger partial charge in [-0.25, -0.2) is 0 Å². The molecular formula is C11H10BrClO. The molecule has 0 N–H and O–H groups in total. The molecule has 14 heavy (non-hydrogen) atoms. The van der Waals surface area contributed by atoms with E-state index in [9.17, 15) is 4.79 Å². The molecule has 1 aromatic rings. The third-order valence-electron chi connectivity index (χ3n) is 2.46. The van der Waals surface area contributed by atoms with Crippen molar-refractivity contribution in [1.82, 2.24) is 0 Å². The van der Waals surface area contributed by atoms with Gasteiger partial charge in [0.05, 0.1) is 5.33 Å². The minimum absolute atomic E-state index is 0.114. The van der Waals surface area contributed by atoms with E-state index in [4.69, 9.17) is 11.6 Å². The van der Waals surface area contributed by atoms with Gasteiger partial charge in [0.2, 0.25) is 0 Å².